The maximum absolute atomic E-state index is 11.8. The Labute approximate surface area is 118 Å². The molecule has 1 amide bonds. The Hall–Kier alpha value is -1.11. The number of aromatic nitrogens is 1. The maximum Gasteiger partial charge on any atom is 0.289 e. The Kier molecular flexibility index (Phi) is 5.78. The van der Waals surface area contributed by atoms with Gasteiger partial charge in [-0.2, -0.15) is 0 Å². The highest BCUT2D eigenvalue weighted by Crippen LogP contribution is 2.19. The van der Waals surface area contributed by atoms with Crippen LogP contribution in [0.3, 0.4) is 0 Å². The van der Waals surface area contributed by atoms with Crippen LogP contribution in [-0.4, -0.2) is 43.4 Å². The molecule has 1 fully saturated rings. The van der Waals surface area contributed by atoms with Gasteiger partial charge in [-0.3, -0.25) is 4.79 Å². The summed E-state index contributed by atoms with van der Waals surface area (Å²) in [6, 6.07) is 1.63. The highest BCUT2D eigenvalue weighted by atomic mass is 35.5. The molecule has 2 N–H and O–H groups in total. The quantitative estimate of drug-likeness (QED) is 0.842. The number of nitrogens with zero attached hydrogens (tertiary/aromatic N) is 1. The maximum atomic E-state index is 11.8. The first kappa shape index (κ1) is 15.9. The van der Waals surface area contributed by atoms with E-state index in [0.717, 1.165) is 19.4 Å². The molecule has 7 heteroatoms. The largest absolute Gasteiger partial charge is 0.383 e. The van der Waals surface area contributed by atoms with Crippen molar-refractivity contribution in [1.82, 2.24) is 15.8 Å². The molecule has 0 spiro atoms. The van der Waals surface area contributed by atoms with Gasteiger partial charge in [-0.15, -0.1) is 12.4 Å². The predicted octanol–water partition coefficient (Wildman–Crippen LogP) is 0.903. The molecule has 0 saturated carbocycles. The third kappa shape index (κ3) is 3.92. The van der Waals surface area contributed by atoms with Crippen LogP contribution < -0.4 is 10.6 Å². The molecular formula is C12H20ClN3O3. The first-order valence-corrected chi connectivity index (χ1v) is 6.11. The number of amides is 1. The van der Waals surface area contributed by atoms with Crippen LogP contribution in [0, 0.1) is 6.92 Å². The molecule has 108 valence electrons. The number of ether oxygens (including phenoxy) is 1. The molecule has 0 aliphatic carbocycles. The van der Waals surface area contributed by atoms with E-state index in [9.17, 15) is 4.79 Å². The normalized spacial score (nSPS) is 22.0. The minimum absolute atomic E-state index is 0. The van der Waals surface area contributed by atoms with Crippen molar-refractivity contribution in [2.75, 3.05) is 26.8 Å². The number of carbonyl (C=O) groups excluding carboxylic acids is 1. The fourth-order valence-electron chi connectivity index (χ4n) is 2.28. The number of rotatable bonds is 5. The van der Waals surface area contributed by atoms with Gasteiger partial charge in [-0.05, 0) is 26.3 Å². The zero-order valence-electron chi connectivity index (χ0n) is 11.2. The van der Waals surface area contributed by atoms with Gasteiger partial charge >= 0.3 is 0 Å². The molecule has 1 aliphatic rings. The van der Waals surface area contributed by atoms with Crippen LogP contribution in [0.15, 0.2) is 10.6 Å². The van der Waals surface area contributed by atoms with Gasteiger partial charge in [-0.1, -0.05) is 5.16 Å². The minimum Gasteiger partial charge on any atom is -0.383 e. The zero-order chi connectivity index (χ0) is 13.0. The van der Waals surface area contributed by atoms with Crippen LogP contribution in [0.5, 0.6) is 0 Å². The number of hydrogen-bond donors (Lipinski definition) is 2. The van der Waals surface area contributed by atoms with Gasteiger partial charge in [0.1, 0.15) is 0 Å². The van der Waals surface area contributed by atoms with Gasteiger partial charge in [0, 0.05) is 19.7 Å². The molecule has 0 aromatic carbocycles. The van der Waals surface area contributed by atoms with Crippen molar-refractivity contribution < 1.29 is 14.1 Å². The Bertz CT molecular complexity index is 416. The highest BCUT2D eigenvalue weighted by molar-refractivity contribution is 5.91. The lowest BCUT2D eigenvalue weighted by Crippen LogP contribution is -2.52. The second kappa shape index (κ2) is 6.88. The van der Waals surface area contributed by atoms with Crippen LogP contribution in [-0.2, 0) is 4.74 Å². The summed E-state index contributed by atoms with van der Waals surface area (Å²) in [6.45, 7) is 3.86. The van der Waals surface area contributed by atoms with Crippen molar-refractivity contribution in [2.45, 2.75) is 25.3 Å². The van der Waals surface area contributed by atoms with E-state index in [1.54, 1.807) is 20.1 Å². The molecule has 0 bridgehead atoms. The third-order valence-electron chi connectivity index (χ3n) is 3.19. The van der Waals surface area contributed by atoms with Crippen molar-refractivity contribution >= 4 is 18.3 Å². The molecule has 2 heterocycles. The van der Waals surface area contributed by atoms with Gasteiger partial charge in [0.05, 0.1) is 17.8 Å². The number of hydrogen-bond acceptors (Lipinski definition) is 5. The molecular weight excluding hydrogens is 270 g/mol. The lowest BCUT2D eigenvalue weighted by molar-refractivity contribution is 0.0859. The van der Waals surface area contributed by atoms with Crippen LogP contribution in [0.25, 0.3) is 0 Å². The SMILES string of the molecule is COCC1(CNC(=O)c2cc(C)no2)CCCN1.Cl. The zero-order valence-corrected chi connectivity index (χ0v) is 12.0. The minimum atomic E-state index is -0.236. The van der Waals surface area contributed by atoms with E-state index >= 15 is 0 Å². The van der Waals surface area contributed by atoms with E-state index in [2.05, 4.69) is 15.8 Å². The van der Waals surface area contributed by atoms with Crippen LogP contribution in [0.2, 0.25) is 0 Å². The molecule has 1 aromatic rings. The number of aryl methyl sites for hydroxylation is 1. The third-order valence-corrected chi connectivity index (χ3v) is 3.19. The van der Waals surface area contributed by atoms with E-state index in [-0.39, 0.29) is 29.6 Å². The molecule has 19 heavy (non-hydrogen) atoms. The molecule has 1 aromatic heterocycles. The Morgan fingerprint density at radius 2 is 2.47 bits per heavy atom. The standard InChI is InChI=1S/C12H19N3O3.ClH/c1-9-6-10(18-15-9)11(16)13-7-12(8-17-2)4-3-5-14-12;/h6,14H,3-5,7-8H2,1-2H3,(H,13,16);1H. The molecule has 1 atom stereocenters. The monoisotopic (exact) mass is 289 g/mol. The molecule has 1 saturated heterocycles. The summed E-state index contributed by atoms with van der Waals surface area (Å²) in [6.07, 6.45) is 2.09. The Morgan fingerprint density at radius 3 is 3.00 bits per heavy atom. The van der Waals surface area contributed by atoms with Crippen LogP contribution in [0.1, 0.15) is 29.1 Å². The number of halogens is 1. The predicted molar refractivity (Wildman–Crippen MR) is 72.7 cm³/mol. The molecule has 2 rings (SSSR count). The van der Waals surface area contributed by atoms with E-state index in [1.165, 1.54) is 0 Å². The van der Waals surface area contributed by atoms with Crippen molar-refractivity contribution in [2.24, 2.45) is 0 Å². The summed E-state index contributed by atoms with van der Waals surface area (Å²) in [5.74, 6) is 0.0119. The van der Waals surface area contributed by atoms with Crippen LogP contribution in [0.4, 0.5) is 0 Å². The van der Waals surface area contributed by atoms with Crippen molar-refractivity contribution in [3.63, 3.8) is 0 Å². The van der Waals surface area contributed by atoms with E-state index < -0.39 is 0 Å². The van der Waals surface area contributed by atoms with Crippen molar-refractivity contribution in [3.8, 4) is 0 Å². The average Bonchev–Trinajstić information content (AvgIpc) is 2.97. The number of carbonyl (C=O) groups is 1. The van der Waals surface area contributed by atoms with E-state index in [1.807, 2.05) is 0 Å². The summed E-state index contributed by atoms with van der Waals surface area (Å²) in [5, 5.41) is 9.96. The number of methoxy groups -OCH3 is 1. The Balaban J connectivity index is 0.00000180. The second-order valence-electron chi connectivity index (χ2n) is 4.76. The van der Waals surface area contributed by atoms with Gasteiger partial charge in [0.25, 0.3) is 5.91 Å². The topological polar surface area (TPSA) is 76.4 Å². The number of nitrogens with one attached hydrogen (secondary N) is 2. The molecule has 0 radical (unpaired) electrons. The van der Waals surface area contributed by atoms with E-state index in [4.69, 9.17) is 9.26 Å². The van der Waals surface area contributed by atoms with Gasteiger partial charge in [0.2, 0.25) is 5.76 Å². The summed E-state index contributed by atoms with van der Waals surface area (Å²) in [5.41, 5.74) is 0.546. The van der Waals surface area contributed by atoms with Crippen LogP contribution >= 0.6 is 12.4 Å². The van der Waals surface area contributed by atoms with Gasteiger partial charge in [-0.25, -0.2) is 0 Å². The molecule has 1 unspecified atom stereocenters. The summed E-state index contributed by atoms with van der Waals surface area (Å²) >= 11 is 0. The summed E-state index contributed by atoms with van der Waals surface area (Å²) in [4.78, 5) is 11.8. The fourth-order valence-corrected chi connectivity index (χ4v) is 2.28. The first-order valence-electron chi connectivity index (χ1n) is 6.11. The molecule has 1 aliphatic heterocycles. The molecule has 6 nitrogen and oxygen atoms in total. The average molecular weight is 290 g/mol. The fraction of sp³-hybridized carbons (Fsp3) is 0.667. The van der Waals surface area contributed by atoms with Gasteiger partial charge in [0.15, 0.2) is 0 Å². The Morgan fingerprint density at radius 1 is 1.68 bits per heavy atom. The first-order chi connectivity index (χ1) is 8.65. The smallest absolute Gasteiger partial charge is 0.289 e. The second-order valence-corrected chi connectivity index (χ2v) is 4.76. The summed E-state index contributed by atoms with van der Waals surface area (Å²) < 4.78 is 10.1. The van der Waals surface area contributed by atoms with E-state index in [0.29, 0.717) is 18.8 Å². The lowest BCUT2D eigenvalue weighted by atomic mass is 9.98. The van der Waals surface area contributed by atoms with Crippen molar-refractivity contribution in [3.05, 3.63) is 17.5 Å². The lowest BCUT2D eigenvalue weighted by Gasteiger charge is -2.28. The van der Waals surface area contributed by atoms with Gasteiger partial charge < -0.3 is 19.9 Å². The van der Waals surface area contributed by atoms with Crippen molar-refractivity contribution in [1.29, 1.82) is 0 Å². The highest BCUT2D eigenvalue weighted by Gasteiger charge is 2.34. The summed E-state index contributed by atoms with van der Waals surface area (Å²) in [7, 11) is 1.67.